The second-order valence-corrected chi connectivity index (χ2v) is 5.50. The van der Waals surface area contributed by atoms with E-state index in [4.69, 9.17) is 0 Å². The van der Waals surface area contributed by atoms with Crippen molar-refractivity contribution >= 4 is 27.9 Å². The highest BCUT2D eigenvalue weighted by Crippen LogP contribution is 2.29. The maximum absolute atomic E-state index is 10.9. The molecule has 0 aliphatic carbocycles. The Kier molecular flexibility index (Phi) is 3.62. The Morgan fingerprint density at radius 3 is 1.65 bits per heavy atom. The molecule has 17 heavy (non-hydrogen) atoms. The standard InChI is InChI=1S/C12H13BrO4/c1-12(2,3)6-4-7(10(14)15)9(13)8(5-6)11(16)17/h4-5H,1-3H3,(H,14,15)(H,16,17)/p-2. The molecule has 0 N–H and O–H groups in total. The van der Waals surface area contributed by atoms with Crippen molar-refractivity contribution in [2.45, 2.75) is 26.2 Å². The summed E-state index contributed by atoms with van der Waals surface area (Å²) in [5.41, 5.74) is -0.137. The molecule has 0 saturated carbocycles. The Hall–Kier alpha value is -1.36. The number of carboxylic acid groups (broad SMARTS) is 2. The fourth-order valence-corrected chi connectivity index (χ4v) is 1.91. The van der Waals surface area contributed by atoms with Crippen LogP contribution in [0.4, 0.5) is 0 Å². The van der Waals surface area contributed by atoms with Crippen molar-refractivity contribution in [1.29, 1.82) is 0 Å². The normalized spacial score (nSPS) is 11.3. The molecule has 0 fully saturated rings. The molecular formula is C12H11BrO4-2. The van der Waals surface area contributed by atoms with Crippen LogP contribution in [0.2, 0.25) is 0 Å². The summed E-state index contributed by atoms with van der Waals surface area (Å²) in [6.07, 6.45) is 0. The summed E-state index contributed by atoms with van der Waals surface area (Å²) in [4.78, 5) is 21.8. The second kappa shape index (κ2) is 4.49. The van der Waals surface area contributed by atoms with Crippen molar-refractivity contribution in [3.63, 3.8) is 0 Å². The van der Waals surface area contributed by atoms with Gasteiger partial charge >= 0.3 is 0 Å². The van der Waals surface area contributed by atoms with E-state index < -0.39 is 11.9 Å². The number of hydrogen-bond acceptors (Lipinski definition) is 4. The third-order valence-electron chi connectivity index (χ3n) is 2.38. The molecule has 1 aromatic rings. The van der Waals surface area contributed by atoms with E-state index in [2.05, 4.69) is 15.9 Å². The molecule has 0 radical (unpaired) electrons. The molecule has 5 heteroatoms. The molecule has 0 atom stereocenters. The Labute approximate surface area is 107 Å². The number of halogens is 1. The summed E-state index contributed by atoms with van der Waals surface area (Å²) >= 11 is 2.94. The van der Waals surface area contributed by atoms with Gasteiger partial charge in [0.15, 0.2) is 0 Å². The molecule has 1 aromatic carbocycles. The van der Waals surface area contributed by atoms with Gasteiger partial charge in [0.1, 0.15) is 0 Å². The van der Waals surface area contributed by atoms with E-state index in [1.54, 1.807) is 0 Å². The van der Waals surface area contributed by atoms with Crippen LogP contribution in [-0.4, -0.2) is 11.9 Å². The van der Waals surface area contributed by atoms with Crippen molar-refractivity contribution < 1.29 is 19.8 Å². The van der Waals surface area contributed by atoms with Gasteiger partial charge in [-0.05, 0) is 39.0 Å². The van der Waals surface area contributed by atoms with Crippen molar-refractivity contribution in [2.75, 3.05) is 0 Å². The maximum Gasteiger partial charge on any atom is 0.0726 e. The molecule has 4 nitrogen and oxygen atoms in total. The first-order valence-electron chi connectivity index (χ1n) is 4.91. The maximum atomic E-state index is 10.9. The molecule has 0 unspecified atom stereocenters. The quantitative estimate of drug-likeness (QED) is 0.795. The van der Waals surface area contributed by atoms with Crippen molar-refractivity contribution in [3.8, 4) is 0 Å². The summed E-state index contributed by atoms with van der Waals surface area (Å²) < 4.78 is -0.0227. The van der Waals surface area contributed by atoms with Gasteiger partial charge in [-0.2, -0.15) is 0 Å². The van der Waals surface area contributed by atoms with Crippen LogP contribution in [0, 0.1) is 0 Å². The number of rotatable bonds is 2. The van der Waals surface area contributed by atoms with Gasteiger partial charge in [-0.3, -0.25) is 0 Å². The first kappa shape index (κ1) is 13.7. The fourth-order valence-electron chi connectivity index (χ4n) is 1.35. The van der Waals surface area contributed by atoms with E-state index in [-0.39, 0.29) is 21.0 Å². The van der Waals surface area contributed by atoms with Crippen LogP contribution < -0.4 is 10.2 Å². The number of hydrogen-bond donors (Lipinski definition) is 0. The minimum absolute atomic E-state index is 0.0227. The Bertz CT molecular complexity index is 451. The first-order valence-corrected chi connectivity index (χ1v) is 5.70. The topological polar surface area (TPSA) is 80.3 Å². The highest BCUT2D eigenvalue weighted by molar-refractivity contribution is 9.10. The van der Waals surface area contributed by atoms with Gasteiger partial charge in [0, 0.05) is 15.6 Å². The van der Waals surface area contributed by atoms with E-state index in [0.717, 1.165) is 0 Å². The molecule has 0 aliphatic rings. The van der Waals surface area contributed by atoms with E-state index in [1.807, 2.05) is 20.8 Å². The SMILES string of the molecule is CC(C)(C)c1cc(C(=O)[O-])c(Br)c(C(=O)[O-])c1. The Balaban J connectivity index is 3.59. The molecule has 0 bridgehead atoms. The third-order valence-corrected chi connectivity index (χ3v) is 3.23. The predicted octanol–water partition coefficient (Wildman–Crippen LogP) is 0.474. The molecule has 0 aromatic heterocycles. The zero-order valence-electron chi connectivity index (χ0n) is 9.67. The van der Waals surface area contributed by atoms with Crippen molar-refractivity contribution in [1.82, 2.24) is 0 Å². The minimum Gasteiger partial charge on any atom is -0.545 e. The molecule has 0 saturated heterocycles. The van der Waals surface area contributed by atoms with E-state index in [1.165, 1.54) is 12.1 Å². The number of carboxylic acids is 2. The van der Waals surface area contributed by atoms with Crippen LogP contribution in [0.15, 0.2) is 16.6 Å². The number of aromatic carboxylic acids is 2. The summed E-state index contributed by atoms with van der Waals surface area (Å²) in [5, 5.41) is 21.8. The number of carbonyl (C=O) groups is 2. The minimum atomic E-state index is -1.43. The fraction of sp³-hybridized carbons (Fsp3) is 0.333. The lowest BCUT2D eigenvalue weighted by molar-refractivity contribution is -0.255. The van der Waals surface area contributed by atoms with Gasteiger partial charge in [0.25, 0.3) is 0 Å². The van der Waals surface area contributed by atoms with Gasteiger partial charge in [-0.1, -0.05) is 20.8 Å². The van der Waals surface area contributed by atoms with Crippen LogP contribution in [0.25, 0.3) is 0 Å². The lowest BCUT2D eigenvalue weighted by Crippen LogP contribution is -2.28. The van der Waals surface area contributed by atoms with Crippen molar-refractivity contribution in [2.24, 2.45) is 0 Å². The number of carbonyl (C=O) groups excluding carboxylic acids is 2. The largest absolute Gasteiger partial charge is 0.545 e. The molecule has 0 spiro atoms. The average Bonchev–Trinajstić information content (AvgIpc) is 2.14. The third kappa shape index (κ3) is 2.85. The highest BCUT2D eigenvalue weighted by atomic mass is 79.9. The van der Waals surface area contributed by atoms with E-state index in [0.29, 0.717) is 5.56 Å². The zero-order chi connectivity index (χ0) is 13.4. The van der Waals surface area contributed by atoms with Gasteiger partial charge < -0.3 is 19.8 Å². The second-order valence-electron chi connectivity index (χ2n) is 4.71. The Morgan fingerprint density at radius 1 is 1.06 bits per heavy atom. The summed E-state index contributed by atoms with van der Waals surface area (Å²) in [5.74, 6) is -2.85. The number of benzene rings is 1. The van der Waals surface area contributed by atoms with Crippen LogP contribution in [-0.2, 0) is 5.41 Å². The smallest absolute Gasteiger partial charge is 0.0726 e. The molecule has 92 valence electrons. The average molecular weight is 299 g/mol. The van der Waals surface area contributed by atoms with Gasteiger partial charge in [-0.25, -0.2) is 0 Å². The summed E-state index contributed by atoms with van der Waals surface area (Å²) in [6, 6.07) is 2.82. The highest BCUT2D eigenvalue weighted by Gasteiger charge is 2.18. The van der Waals surface area contributed by atoms with Crippen LogP contribution >= 0.6 is 15.9 Å². The summed E-state index contributed by atoms with van der Waals surface area (Å²) in [6.45, 7) is 5.57. The van der Waals surface area contributed by atoms with Gasteiger partial charge in [0.2, 0.25) is 0 Å². The van der Waals surface area contributed by atoms with Crippen LogP contribution in [0.5, 0.6) is 0 Å². The summed E-state index contributed by atoms with van der Waals surface area (Å²) in [7, 11) is 0. The van der Waals surface area contributed by atoms with E-state index >= 15 is 0 Å². The molecule has 0 heterocycles. The molecular weight excluding hydrogens is 288 g/mol. The Morgan fingerprint density at radius 2 is 1.41 bits per heavy atom. The van der Waals surface area contributed by atoms with Crippen molar-refractivity contribution in [3.05, 3.63) is 33.3 Å². The molecule has 0 amide bonds. The first-order chi connectivity index (χ1) is 7.64. The van der Waals surface area contributed by atoms with E-state index in [9.17, 15) is 19.8 Å². The monoisotopic (exact) mass is 298 g/mol. The van der Waals surface area contributed by atoms with Crippen LogP contribution in [0.1, 0.15) is 47.1 Å². The lowest BCUT2D eigenvalue weighted by Gasteiger charge is -2.23. The lowest BCUT2D eigenvalue weighted by atomic mass is 9.85. The molecule has 0 aliphatic heterocycles. The van der Waals surface area contributed by atoms with Crippen LogP contribution in [0.3, 0.4) is 0 Å². The van der Waals surface area contributed by atoms with Gasteiger partial charge in [-0.15, -0.1) is 0 Å². The predicted molar refractivity (Wildman–Crippen MR) is 61.5 cm³/mol. The zero-order valence-corrected chi connectivity index (χ0v) is 11.3. The van der Waals surface area contributed by atoms with Gasteiger partial charge in [0.05, 0.1) is 11.9 Å². The molecule has 1 rings (SSSR count).